The summed E-state index contributed by atoms with van der Waals surface area (Å²) in [7, 11) is 0. The Bertz CT molecular complexity index is 209. The summed E-state index contributed by atoms with van der Waals surface area (Å²) in [6.07, 6.45) is -3.70. The largest absolute Gasteiger partial charge is 0.394 e. The standard InChI is InChI=1S/C11H22O5/c1-4-15-11-9(14)8(13)7(5-12)16-10(11)6(2)3/h6-14H,4-5H2,1-3H3. The lowest BCUT2D eigenvalue weighted by atomic mass is 9.89. The van der Waals surface area contributed by atoms with Gasteiger partial charge in [0.2, 0.25) is 0 Å². The monoisotopic (exact) mass is 234 g/mol. The van der Waals surface area contributed by atoms with Gasteiger partial charge in [-0.05, 0) is 12.8 Å². The van der Waals surface area contributed by atoms with E-state index in [0.29, 0.717) is 6.61 Å². The van der Waals surface area contributed by atoms with Crippen LogP contribution >= 0.6 is 0 Å². The van der Waals surface area contributed by atoms with Gasteiger partial charge in [0.05, 0.1) is 12.7 Å². The summed E-state index contributed by atoms with van der Waals surface area (Å²) in [6.45, 7) is 5.88. The second-order valence-corrected chi connectivity index (χ2v) is 4.47. The second-order valence-electron chi connectivity index (χ2n) is 4.47. The second kappa shape index (κ2) is 5.93. The third-order valence-electron chi connectivity index (χ3n) is 2.92. The molecule has 3 N–H and O–H groups in total. The van der Waals surface area contributed by atoms with Crippen LogP contribution in [0.1, 0.15) is 20.8 Å². The Labute approximate surface area is 96.0 Å². The zero-order chi connectivity index (χ0) is 12.3. The molecule has 5 heteroatoms. The number of aliphatic hydroxyl groups excluding tert-OH is 3. The Morgan fingerprint density at radius 1 is 1.25 bits per heavy atom. The van der Waals surface area contributed by atoms with E-state index < -0.39 is 24.4 Å². The highest BCUT2D eigenvalue weighted by Gasteiger charge is 2.45. The summed E-state index contributed by atoms with van der Waals surface area (Å²) in [4.78, 5) is 0. The maximum Gasteiger partial charge on any atom is 0.112 e. The average molecular weight is 234 g/mol. The number of aliphatic hydroxyl groups is 3. The Morgan fingerprint density at radius 3 is 2.31 bits per heavy atom. The van der Waals surface area contributed by atoms with Crippen molar-refractivity contribution < 1.29 is 24.8 Å². The van der Waals surface area contributed by atoms with Gasteiger partial charge < -0.3 is 24.8 Å². The molecule has 0 saturated carbocycles. The topological polar surface area (TPSA) is 79.2 Å². The lowest BCUT2D eigenvalue weighted by Crippen LogP contribution is -2.60. The molecule has 96 valence electrons. The van der Waals surface area contributed by atoms with Crippen LogP contribution in [0.4, 0.5) is 0 Å². The molecule has 1 aliphatic heterocycles. The predicted octanol–water partition coefficient (Wildman–Crippen LogP) is -0.471. The van der Waals surface area contributed by atoms with Crippen LogP contribution in [0.2, 0.25) is 0 Å². The molecule has 0 aromatic carbocycles. The summed E-state index contributed by atoms with van der Waals surface area (Å²) >= 11 is 0. The van der Waals surface area contributed by atoms with E-state index in [2.05, 4.69) is 0 Å². The number of hydrogen-bond acceptors (Lipinski definition) is 5. The molecule has 1 aliphatic rings. The van der Waals surface area contributed by atoms with E-state index in [1.165, 1.54) is 0 Å². The number of hydrogen-bond donors (Lipinski definition) is 3. The van der Waals surface area contributed by atoms with Gasteiger partial charge in [0, 0.05) is 6.61 Å². The van der Waals surface area contributed by atoms with Crippen molar-refractivity contribution in [2.45, 2.75) is 51.3 Å². The lowest BCUT2D eigenvalue weighted by molar-refractivity contribution is -0.249. The van der Waals surface area contributed by atoms with E-state index in [1.54, 1.807) is 0 Å². The minimum absolute atomic E-state index is 0.146. The van der Waals surface area contributed by atoms with E-state index in [-0.39, 0.29) is 18.6 Å². The van der Waals surface area contributed by atoms with Crippen LogP contribution in [0.15, 0.2) is 0 Å². The van der Waals surface area contributed by atoms with Crippen molar-refractivity contribution in [1.29, 1.82) is 0 Å². The molecular formula is C11H22O5. The summed E-state index contributed by atoms with van der Waals surface area (Å²) in [5.41, 5.74) is 0. The zero-order valence-electron chi connectivity index (χ0n) is 10.0. The number of ether oxygens (including phenoxy) is 2. The quantitative estimate of drug-likeness (QED) is 0.613. The van der Waals surface area contributed by atoms with Gasteiger partial charge in [-0.2, -0.15) is 0 Å². The van der Waals surface area contributed by atoms with Crippen molar-refractivity contribution in [3.05, 3.63) is 0 Å². The first kappa shape index (κ1) is 13.9. The van der Waals surface area contributed by atoms with Crippen LogP contribution in [-0.2, 0) is 9.47 Å². The lowest BCUT2D eigenvalue weighted by Gasteiger charge is -2.43. The van der Waals surface area contributed by atoms with Crippen LogP contribution < -0.4 is 0 Å². The molecule has 0 radical (unpaired) electrons. The highest BCUT2D eigenvalue weighted by atomic mass is 16.6. The van der Waals surface area contributed by atoms with Crippen LogP contribution in [0.25, 0.3) is 0 Å². The van der Waals surface area contributed by atoms with E-state index >= 15 is 0 Å². The van der Waals surface area contributed by atoms with E-state index in [0.717, 1.165) is 0 Å². The molecule has 0 spiro atoms. The molecule has 5 atom stereocenters. The fourth-order valence-corrected chi connectivity index (χ4v) is 2.04. The van der Waals surface area contributed by atoms with Crippen molar-refractivity contribution in [2.24, 2.45) is 5.92 Å². The van der Waals surface area contributed by atoms with Gasteiger partial charge >= 0.3 is 0 Å². The van der Waals surface area contributed by atoms with Crippen molar-refractivity contribution in [1.82, 2.24) is 0 Å². The van der Waals surface area contributed by atoms with Crippen LogP contribution in [-0.4, -0.2) is 59.1 Å². The molecule has 0 bridgehead atoms. The van der Waals surface area contributed by atoms with Crippen LogP contribution in [0.3, 0.4) is 0 Å². The molecule has 0 aromatic rings. The molecule has 16 heavy (non-hydrogen) atoms. The predicted molar refractivity (Wildman–Crippen MR) is 58.0 cm³/mol. The summed E-state index contributed by atoms with van der Waals surface area (Å²) in [5.74, 6) is 0.146. The first-order valence-electron chi connectivity index (χ1n) is 5.77. The van der Waals surface area contributed by atoms with Gasteiger partial charge in [-0.1, -0.05) is 13.8 Å². The third-order valence-corrected chi connectivity index (χ3v) is 2.92. The molecular weight excluding hydrogens is 212 g/mol. The Kier molecular flexibility index (Phi) is 5.14. The first-order valence-corrected chi connectivity index (χ1v) is 5.77. The number of rotatable bonds is 4. The minimum atomic E-state index is -1.10. The van der Waals surface area contributed by atoms with Gasteiger partial charge in [0.1, 0.15) is 24.4 Å². The van der Waals surface area contributed by atoms with Crippen LogP contribution in [0, 0.1) is 5.92 Å². The Morgan fingerprint density at radius 2 is 1.88 bits per heavy atom. The van der Waals surface area contributed by atoms with Crippen LogP contribution in [0.5, 0.6) is 0 Å². The maximum atomic E-state index is 9.92. The van der Waals surface area contributed by atoms with Crippen molar-refractivity contribution >= 4 is 0 Å². The van der Waals surface area contributed by atoms with Crippen molar-refractivity contribution in [2.75, 3.05) is 13.2 Å². The molecule has 1 fully saturated rings. The minimum Gasteiger partial charge on any atom is -0.394 e. The first-order chi connectivity index (χ1) is 7.52. The summed E-state index contributed by atoms with van der Waals surface area (Å²) in [5, 5.41) is 28.7. The van der Waals surface area contributed by atoms with Gasteiger partial charge in [0.15, 0.2) is 0 Å². The average Bonchev–Trinajstić information content (AvgIpc) is 2.25. The molecule has 5 unspecified atom stereocenters. The van der Waals surface area contributed by atoms with Crippen molar-refractivity contribution in [3.63, 3.8) is 0 Å². The fourth-order valence-electron chi connectivity index (χ4n) is 2.04. The molecule has 1 heterocycles. The zero-order valence-corrected chi connectivity index (χ0v) is 10.0. The van der Waals surface area contributed by atoms with Gasteiger partial charge in [0.25, 0.3) is 0 Å². The summed E-state index contributed by atoms with van der Waals surface area (Å²) in [6, 6.07) is 0. The fraction of sp³-hybridized carbons (Fsp3) is 1.00. The smallest absolute Gasteiger partial charge is 0.112 e. The van der Waals surface area contributed by atoms with Gasteiger partial charge in [-0.25, -0.2) is 0 Å². The van der Waals surface area contributed by atoms with Crippen molar-refractivity contribution in [3.8, 4) is 0 Å². The molecule has 1 rings (SSSR count). The van der Waals surface area contributed by atoms with E-state index in [1.807, 2.05) is 20.8 Å². The third kappa shape index (κ3) is 2.73. The van der Waals surface area contributed by atoms with Gasteiger partial charge in [-0.3, -0.25) is 0 Å². The molecule has 0 aliphatic carbocycles. The SMILES string of the molecule is CCOC1C(O)C(O)C(CO)OC1C(C)C. The molecule has 0 amide bonds. The van der Waals surface area contributed by atoms with Gasteiger partial charge in [-0.15, -0.1) is 0 Å². The van der Waals surface area contributed by atoms with E-state index in [9.17, 15) is 10.2 Å². The Hall–Kier alpha value is -0.200. The van der Waals surface area contributed by atoms with E-state index in [4.69, 9.17) is 14.6 Å². The summed E-state index contributed by atoms with van der Waals surface area (Å²) < 4.78 is 11.0. The highest BCUT2D eigenvalue weighted by molar-refractivity contribution is 4.94. The Balaban J connectivity index is 2.79. The highest BCUT2D eigenvalue weighted by Crippen LogP contribution is 2.27. The molecule has 1 saturated heterocycles. The maximum absolute atomic E-state index is 9.92. The molecule has 5 nitrogen and oxygen atoms in total. The normalized spacial score (nSPS) is 40.3. The molecule has 0 aromatic heterocycles.